The minimum Gasteiger partial charge on any atom is -0.348 e. The van der Waals surface area contributed by atoms with Crippen LogP contribution in [-0.2, 0) is 6.54 Å². The highest BCUT2D eigenvalue weighted by Crippen LogP contribution is 2.23. The van der Waals surface area contributed by atoms with Gasteiger partial charge in [-0.25, -0.2) is 9.67 Å². The van der Waals surface area contributed by atoms with Gasteiger partial charge in [-0.15, -0.1) is 0 Å². The minimum absolute atomic E-state index is 0.210. The van der Waals surface area contributed by atoms with Crippen LogP contribution in [0.3, 0.4) is 0 Å². The van der Waals surface area contributed by atoms with Gasteiger partial charge in [0.15, 0.2) is 0 Å². The van der Waals surface area contributed by atoms with E-state index in [9.17, 15) is 14.9 Å². The Morgan fingerprint density at radius 3 is 2.67 bits per heavy atom. The summed E-state index contributed by atoms with van der Waals surface area (Å²) in [6.07, 6.45) is 2.64. The molecule has 0 aliphatic carbocycles. The minimum atomic E-state index is -0.551. The third-order valence-electron chi connectivity index (χ3n) is 3.40. The lowest BCUT2D eigenvalue weighted by Crippen LogP contribution is -2.23. The number of benzene rings is 2. The molecule has 8 heteroatoms. The quantitative estimate of drug-likeness (QED) is 0.572. The Bertz CT molecular complexity index is 863. The average molecular weight is 323 g/mol. The van der Waals surface area contributed by atoms with Crippen LogP contribution in [0.25, 0.3) is 5.69 Å². The van der Waals surface area contributed by atoms with E-state index >= 15 is 0 Å². The topological polar surface area (TPSA) is 103 Å². The number of aromatic nitrogens is 3. The van der Waals surface area contributed by atoms with Crippen molar-refractivity contribution >= 4 is 11.6 Å². The van der Waals surface area contributed by atoms with Crippen molar-refractivity contribution in [2.45, 2.75) is 6.54 Å². The van der Waals surface area contributed by atoms with Crippen LogP contribution in [0, 0.1) is 10.1 Å². The zero-order valence-electron chi connectivity index (χ0n) is 12.5. The van der Waals surface area contributed by atoms with Crippen molar-refractivity contribution in [2.75, 3.05) is 0 Å². The molecule has 120 valence electrons. The highest BCUT2D eigenvalue weighted by Gasteiger charge is 2.19. The lowest BCUT2D eigenvalue weighted by molar-refractivity contribution is -0.384. The first kappa shape index (κ1) is 15.3. The predicted octanol–water partition coefficient (Wildman–Crippen LogP) is 2.11. The Balaban J connectivity index is 1.82. The summed E-state index contributed by atoms with van der Waals surface area (Å²) in [5.74, 6) is -0.382. The predicted molar refractivity (Wildman–Crippen MR) is 85.6 cm³/mol. The summed E-state index contributed by atoms with van der Waals surface area (Å²) in [6.45, 7) is 0.346. The number of hydrogen-bond donors (Lipinski definition) is 1. The molecular formula is C16H13N5O3. The van der Waals surface area contributed by atoms with E-state index in [-0.39, 0.29) is 22.8 Å². The normalized spacial score (nSPS) is 10.3. The van der Waals surface area contributed by atoms with Crippen LogP contribution in [0.2, 0.25) is 0 Å². The Hall–Kier alpha value is -3.55. The van der Waals surface area contributed by atoms with E-state index in [1.165, 1.54) is 35.5 Å². The monoisotopic (exact) mass is 323 g/mol. The fourth-order valence-corrected chi connectivity index (χ4v) is 2.22. The average Bonchev–Trinajstić information content (AvgIpc) is 3.14. The van der Waals surface area contributed by atoms with Crippen molar-refractivity contribution in [3.05, 3.63) is 82.4 Å². The van der Waals surface area contributed by atoms with Crippen LogP contribution in [0.5, 0.6) is 0 Å². The number of hydrogen-bond acceptors (Lipinski definition) is 5. The first-order chi connectivity index (χ1) is 11.6. The molecule has 0 aliphatic heterocycles. The van der Waals surface area contributed by atoms with Crippen LogP contribution in [-0.4, -0.2) is 25.6 Å². The molecule has 3 rings (SSSR count). The third-order valence-corrected chi connectivity index (χ3v) is 3.40. The van der Waals surface area contributed by atoms with Crippen molar-refractivity contribution in [2.24, 2.45) is 0 Å². The number of nitro groups is 1. The van der Waals surface area contributed by atoms with Gasteiger partial charge in [0.2, 0.25) is 0 Å². The van der Waals surface area contributed by atoms with Crippen LogP contribution in [0.4, 0.5) is 5.69 Å². The van der Waals surface area contributed by atoms with Crippen molar-refractivity contribution < 1.29 is 9.72 Å². The van der Waals surface area contributed by atoms with Crippen LogP contribution in [0.15, 0.2) is 61.2 Å². The molecule has 0 aliphatic rings. The van der Waals surface area contributed by atoms with E-state index in [1.54, 1.807) is 0 Å². The molecule has 0 saturated heterocycles. The van der Waals surface area contributed by atoms with Gasteiger partial charge in [-0.2, -0.15) is 5.10 Å². The van der Waals surface area contributed by atoms with Crippen molar-refractivity contribution in [3.63, 3.8) is 0 Å². The number of rotatable bonds is 5. The first-order valence-corrected chi connectivity index (χ1v) is 7.11. The summed E-state index contributed by atoms with van der Waals surface area (Å²) in [5.41, 5.74) is 1.19. The van der Waals surface area contributed by atoms with Gasteiger partial charge in [-0.1, -0.05) is 30.3 Å². The van der Waals surface area contributed by atoms with Gasteiger partial charge in [0.25, 0.3) is 11.6 Å². The maximum atomic E-state index is 12.2. The molecular weight excluding hydrogens is 310 g/mol. The smallest absolute Gasteiger partial charge is 0.295 e. The van der Waals surface area contributed by atoms with E-state index in [0.29, 0.717) is 6.54 Å². The largest absolute Gasteiger partial charge is 0.348 e. The molecule has 1 heterocycles. The number of amides is 1. The SMILES string of the molecule is O=C(NCc1ccccc1)c1ccc(-n2cncn2)c([N+](=O)[O-])c1. The lowest BCUT2D eigenvalue weighted by atomic mass is 10.1. The molecule has 0 unspecified atom stereocenters. The Morgan fingerprint density at radius 2 is 2.00 bits per heavy atom. The van der Waals surface area contributed by atoms with E-state index in [0.717, 1.165) is 5.56 Å². The Kier molecular flexibility index (Phi) is 4.28. The van der Waals surface area contributed by atoms with E-state index in [1.807, 2.05) is 30.3 Å². The number of carbonyl (C=O) groups excluding carboxylic acids is 1. The zero-order chi connectivity index (χ0) is 16.9. The molecule has 1 N–H and O–H groups in total. The molecule has 0 spiro atoms. The van der Waals surface area contributed by atoms with Crippen molar-refractivity contribution in [3.8, 4) is 5.69 Å². The molecule has 0 saturated carbocycles. The number of nitro benzene ring substituents is 1. The summed E-state index contributed by atoms with van der Waals surface area (Å²) in [5, 5.41) is 17.9. The second-order valence-electron chi connectivity index (χ2n) is 4.97. The van der Waals surface area contributed by atoms with Gasteiger partial charge in [0.05, 0.1) is 4.92 Å². The summed E-state index contributed by atoms with van der Waals surface area (Å²) < 4.78 is 1.28. The van der Waals surface area contributed by atoms with Gasteiger partial charge in [0, 0.05) is 18.2 Å². The molecule has 24 heavy (non-hydrogen) atoms. The van der Waals surface area contributed by atoms with E-state index < -0.39 is 4.92 Å². The Morgan fingerprint density at radius 1 is 1.21 bits per heavy atom. The molecule has 2 aromatic carbocycles. The maximum Gasteiger partial charge on any atom is 0.295 e. The molecule has 0 fully saturated rings. The van der Waals surface area contributed by atoms with Gasteiger partial charge in [0.1, 0.15) is 18.3 Å². The summed E-state index contributed by atoms with van der Waals surface area (Å²) in [4.78, 5) is 26.7. The van der Waals surface area contributed by atoms with Gasteiger partial charge < -0.3 is 5.32 Å². The Labute approximate surface area is 136 Å². The molecule has 0 atom stereocenters. The molecule has 0 radical (unpaired) electrons. The molecule has 1 amide bonds. The molecule has 8 nitrogen and oxygen atoms in total. The van der Waals surface area contributed by atoms with Crippen LogP contribution >= 0.6 is 0 Å². The third kappa shape index (κ3) is 3.27. The van der Waals surface area contributed by atoms with E-state index in [2.05, 4.69) is 15.4 Å². The summed E-state index contributed by atoms with van der Waals surface area (Å²) >= 11 is 0. The summed E-state index contributed by atoms with van der Waals surface area (Å²) in [7, 11) is 0. The van der Waals surface area contributed by atoms with Crippen LogP contribution < -0.4 is 5.32 Å². The number of carbonyl (C=O) groups is 1. The van der Waals surface area contributed by atoms with Gasteiger partial charge in [-0.05, 0) is 17.7 Å². The molecule has 0 bridgehead atoms. The lowest BCUT2D eigenvalue weighted by Gasteiger charge is -2.07. The standard InChI is InChI=1S/C16H13N5O3/c22-16(18-9-12-4-2-1-3-5-12)13-6-7-14(15(8-13)21(23)24)20-11-17-10-19-20/h1-8,10-11H,9H2,(H,18,22). The summed E-state index contributed by atoms with van der Waals surface area (Å²) in [6, 6.07) is 13.6. The van der Waals surface area contributed by atoms with Crippen LogP contribution in [0.1, 0.15) is 15.9 Å². The van der Waals surface area contributed by atoms with Gasteiger partial charge in [-0.3, -0.25) is 14.9 Å². The van der Waals surface area contributed by atoms with Crippen molar-refractivity contribution in [1.82, 2.24) is 20.1 Å². The fraction of sp³-hybridized carbons (Fsp3) is 0.0625. The van der Waals surface area contributed by atoms with E-state index in [4.69, 9.17) is 0 Å². The highest BCUT2D eigenvalue weighted by molar-refractivity contribution is 5.95. The number of nitrogens with one attached hydrogen (secondary N) is 1. The second-order valence-corrected chi connectivity index (χ2v) is 4.97. The van der Waals surface area contributed by atoms with Gasteiger partial charge >= 0.3 is 0 Å². The first-order valence-electron chi connectivity index (χ1n) is 7.11. The number of nitrogens with zero attached hydrogens (tertiary/aromatic N) is 4. The van der Waals surface area contributed by atoms with Crippen molar-refractivity contribution in [1.29, 1.82) is 0 Å². The maximum absolute atomic E-state index is 12.2. The zero-order valence-corrected chi connectivity index (χ0v) is 12.5. The molecule has 3 aromatic rings. The fourth-order valence-electron chi connectivity index (χ4n) is 2.22. The highest BCUT2D eigenvalue weighted by atomic mass is 16.6. The second kappa shape index (κ2) is 6.69. The molecule has 1 aromatic heterocycles.